The summed E-state index contributed by atoms with van der Waals surface area (Å²) in [4.78, 5) is 40.7. The fourth-order valence-electron chi connectivity index (χ4n) is 2.69. The number of carbonyl (C=O) groups is 2. The Bertz CT molecular complexity index is 979. The van der Waals surface area contributed by atoms with E-state index in [1.54, 1.807) is 11.4 Å². The standard InChI is InChI=1S/C15H18N4O5S2/c20-12-2-1-3-13(21)19(12)7-9-26(23,24)17-5-6-18-10-16-11-4-8-25-14(11)15(18)22/h4,8,10,17H,1-3,5-7,9H2. The van der Waals surface area contributed by atoms with E-state index in [9.17, 15) is 22.8 Å². The van der Waals surface area contributed by atoms with Gasteiger partial charge in [0.25, 0.3) is 5.56 Å². The van der Waals surface area contributed by atoms with Crippen LogP contribution in [0.3, 0.4) is 0 Å². The Morgan fingerprint density at radius 3 is 2.62 bits per heavy atom. The summed E-state index contributed by atoms with van der Waals surface area (Å²) in [7, 11) is -3.67. The summed E-state index contributed by atoms with van der Waals surface area (Å²) in [6.07, 6.45) is 2.42. The molecule has 26 heavy (non-hydrogen) atoms. The zero-order valence-corrected chi connectivity index (χ0v) is 15.5. The Morgan fingerprint density at radius 2 is 1.88 bits per heavy atom. The fraction of sp³-hybridized carbons (Fsp3) is 0.467. The van der Waals surface area contributed by atoms with Crippen LogP contribution >= 0.6 is 11.3 Å². The third-order valence-corrected chi connectivity index (χ3v) is 6.33. The number of hydrogen-bond acceptors (Lipinski definition) is 7. The van der Waals surface area contributed by atoms with E-state index in [1.165, 1.54) is 22.2 Å². The highest BCUT2D eigenvalue weighted by molar-refractivity contribution is 7.89. The minimum Gasteiger partial charge on any atom is -0.297 e. The molecule has 1 aliphatic rings. The Hall–Kier alpha value is -2.11. The van der Waals surface area contributed by atoms with Gasteiger partial charge in [-0.15, -0.1) is 11.3 Å². The number of thiophene rings is 1. The number of rotatable bonds is 7. The molecule has 2 amide bonds. The molecule has 0 aromatic carbocycles. The monoisotopic (exact) mass is 398 g/mol. The van der Waals surface area contributed by atoms with E-state index in [-0.39, 0.29) is 55.6 Å². The molecule has 9 nitrogen and oxygen atoms in total. The molecule has 11 heteroatoms. The van der Waals surface area contributed by atoms with Crippen molar-refractivity contribution in [3.63, 3.8) is 0 Å². The highest BCUT2D eigenvalue weighted by Gasteiger charge is 2.27. The first kappa shape index (κ1) is 18.7. The van der Waals surface area contributed by atoms with Crippen LogP contribution in [0.4, 0.5) is 0 Å². The first-order valence-corrected chi connectivity index (χ1v) is 10.6. The number of likely N-dealkylation sites (tertiary alicyclic amines) is 1. The van der Waals surface area contributed by atoms with E-state index < -0.39 is 10.0 Å². The zero-order chi connectivity index (χ0) is 18.7. The lowest BCUT2D eigenvalue weighted by atomic mass is 10.1. The van der Waals surface area contributed by atoms with Crippen LogP contribution in [0.25, 0.3) is 10.2 Å². The van der Waals surface area contributed by atoms with E-state index in [0.717, 1.165) is 4.90 Å². The molecule has 0 saturated carbocycles. The first-order chi connectivity index (χ1) is 12.4. The maximum atomic E-state index is 12.2. The molecule has 0 aliphatic carbocycles. The van der Waals surface area contributed by atoms with Gasteiger partial charge in [-0.3, -0.25) is 23.9 Å². The Morgan fingerprint density at radius 1 is 1.15 bits per heavy atom. The summed E-state index contributed by atoms with van der Waals surface area (Å²) in [5.41, 5.74) is 0.404. The van der Waals surface area contributed by atoms with Crippen molar-refractivity contribution in [1.82, 2.24) is 19.2 Å². The van der Waals surface area contributed by atoms with Crippen LogP contribution in [0.15, 0.2) is 22.6 Å². The topological polar surface area (TPSA) is 118 Å². The SMILES string of the molecule is O=C1CCCC(=O)N1CCS(=O)(=O)NCCn1cnc2ccsc2c1=O. The van der Waals surface area contributed by atoms with Crippen LogP contribution in [0, 0.1) is 0 Å². The van der Waals surface area contributed by atoms with Gasteiger partial charge in [-0.25, -0.2) is 18.1 Å². The normalized spacial score (nSPS) is 15.8. The van der Waals surface area contributed by atoms with Crippen LogP contribution in [0.2, 0.25) is 0 Å². The average Bonchev–Trinajstić information content (AvgIpc) is 3.06. The predicted molar refractivity (Wildman–Crippen MR) is 96.2 cm³/mol. The van der Waals surface area contributed by atoms with Gasteiger partial charge in [0.05, 0.1) is 17.6 Å². The van der Waals surface area contributed by atoms with Gasteiger partial charge in [0, 0.05) is 32.5 Å². The minimum absolute atomic E-state index is 0.0166. The number of nitrogens with one attached hydrogen (secondary N) is 1. The van der Waals surface area contributed by atoms with Gasteiger partial charge in [-0.1, -0.05) is 0 Å². The summed E-state index contributed by atoms with van der Waals surface area (Å²) < 4.78 is 28.4. The molecule has 0 unspecified atom stereocenters. The molecule has 2 aromatic heterocycles. The maximum absolute atomic E-state index is 12.2. The first-order valence-electron chi connectivity index (χ1n) is 8.10. The summed E-state index contributed by atoms with van der Waals surface area (Å²) >= 11 is 1.29. The van der Waals surface area contributed by atoms with Gasteiger partial charge < -0.3 is 0 Å². The van der Waals surface area contributed by atoms with Crippen molar-refractivity contribution in [3.8, 4) is 0 Å². The zero-order valence-electron chi connectivity index (χ0n) is 13.9. The van der Waals surface area contributed by atoms with Crippen molar-refractivity contribution in [2.75, 3.05) is 18.8 Å². The lowest BCUT2D eigenvalue weighted by molar-refractivity contribution is -0.147. The fourth-order valence-corrected chi connectivity index (χ4v) is 4.45. The van der Waals surface area contributed by atoms with Crippen molar-refractivity contribution in [1.29, 1.82) is 0 Å². The number of carbonyl (C=O) groups excluding carboxylic acids is 2. The van der Waals surface area contributed by atoms with Gasteiger partial charge in [-0.05, 0) is 17.9 Å². The highest BCUT2D eigenvalue weighted by Crippen LogP contribution is 2.13. The number of amides is 2. The number of hydrogen-bond donors (Lipinski definition) is 1. The Balaban J connectivity index is 1.54. The number of nitrogens with zero attached hydrogens (tertiary/aromatic N) is 3. The number of imide groups is 1. The molecule has 0 atom stereocenters. The summed E-state index contributed by atoms with van der Waals surface area (Å²) in [6, 6.07) is 1.75. The second-order valence-corrected chi connectivity index (χ2v) is 8.73. The predicted octanol–water partition coefficient (Wildman–Crippen LogP) is -0.0835. The summed E-state index contributed by atoms with van der Waals surface area (Å²) in [5, 5.41) is 1.77. The van der Waals surface area contributed by atoms with Crippen LogP contribution in [-0.4, -0.2) is 53.5 Å². The van der Waals surface area contributed by atoms with Crippen LogP contribution in [0.5, 0.6) is 0 Å². The summed E-state index contributed by atoms with van der Waals surface area (Å²) in [6.45, 7) is -0.00116. The van der Waals surface area contributed by atoms with E-state index in [1.807, 2.05) is 0 Å². The van der Waals surface area contributed by atoms with Gasteiger partial charge in [0.1, 0.15) is 4.70 Å². The third-order valence-electron chi connectivity index (χ3n) is 4.08. The highest BCUT2D eigenvalue weighted by atomic mass is 32.2. The molecule has 3 heterocycles. The smallest absolute Gasteiger partial charge is 0.271 e. The quantitative estimate of drug-likeness (QED) is 0.652. The lowest BCUT2D eigenvalue weighted by Crippen LogP contribution is -2.44. The average molecular weight is 398 g/mol. The molecular formula is C15H18N4O5S2. The van der Waals surface area contributed by atoms with E-state index in [4.69, 9.17) is 0 Å². The molecule has 1 aliphatic heterocycles. The van der Waals surface area contributed by atoms with Crippen molar-refractivity contribution in [2.24, 2.45) is 0 Å². The largest absolute Gasteiger partial charge is 0.297 e. The van der Waals surface area contributed by atoms with Crippen molar-refractivity contribution >= 4 is 43.4 Å². The number of sulfonamides is 1. The maximum Gasteiger partial charge on any atom is 0.271 e. The minimum atomic E-state index is -3.67. The number of aromatic nitrogens is 2. The van der Waals surface area contributed by atoms with E-state index >= 15 is 0 Å². The van der Waals surface area contributed by atoms with Crippen molar-refractivity contribution in [2.45, 2.75) is 25.8 Å². The molecule has 2 aromatic rings. The second kappa shape index (κ2) is 7.64. The molecule has 0 spiro atoms. The lowest BCUT2D eigenvalue weighted by Gasteiger charge is -2.24. The molecule has 0 radical (unpaired) electrons. The van der Waals surface area contributed by atoms with E-state index in [2.05, 4.69) is 9.71 Å². The summed E-state index contributed by atoms with van der Waals surface area (Å²) in [5.74, 6) is -1.03. The number of fused-ring (bicyclic) bond motifs is 1. The van der Waals surface area contributed by atoms with Gasteiger partial charge in [0.2, 0.25) is 21.8 Å². The number of piperidine rings is 1. The van der Waals surface area contributed by atoms with Crippen molar-refractivity contribution < 1.29 is 18.0 Å². The van der Waals surface area contributed by atoms with Crippen LogP contribution in [0.1, 0.15) is 19.3 Å². The molecule has 3 rings (SSSR count). The molecule has 1 fully saturated rings. The van der Waals surface area contributed by atoms with Gasteiger partial charge >= 0.3 is 0 Å². The Labute approximate surface area is 153 Å². The molecule has 0 bridgehead atoms. The van der Waals surface area contributed by atoms with Crippen LogP contribution < -0.4 is 10.3 Å². The molecule has 1 saturated heterocycles. The second-order valence-electron chi connectivity index (χ2n) is 5.88. The third kappa shape index (κ3) is 4.17. The molecule has 1 N–H and O–H groups in total. The van der Waals surface area contributed by atoms with Gasteiger partial charge in [0.15, 0.2) is 0 Å². The van der Waals surface area contributed by atoms with Crippen LogP contribution in [-0.2, 0) is 26.2 Å². The molecule has 140 valence electrons. The van der Waals surface area contributed by atoms with Gasteiger partial charge in [-0.2, -0.15) is 0 Å². The Kier molecular flexibility index (Phi) is 5.49. The van der Waals surface area contributed by atoms with Crippen molar-refractivity contribution in [3.05, 3.63) is 28.1 Å². The van der Waals surface area contributed by atoms with E-state index in [0.29, 0.717) is 16.6 Å². The molecular weight excluding hydrogens is 380 g/mol.